The predicted octanol–water partition coefficient (Wildman–Crippen LogP) is 1.69. The summed E-state index contributed by atoms with van der Waals surface area (Å²) in [5.74, 6) is 0.585. The van der Waals surface area contributed by atoms with Crippen molar-refractivity contribution < 1.29 is 9.47 Å². The Bertz CT molecular complexity index is 358. The number of hydrogen-bond donors (Lipinski definition) is 0. The van der Waals surface area contributed by atoms with E-state index < -0.39 is 5.79 Å². The molecule has 3 heteroatoms. The van der Waals surface area contributed by atoms with Crippen LogP contribution in [-0.2, 0) is 11.3 Å². The third kappa shape index (κ3) is 1.62. The largest absolute Gasteiger partial charge is 0.462 e. The van der Waals surface area contributed by atoms with Crippen molar-refractivity contribution in [3.63, 3.8) is 0 Å². The van der Waals surface area contributed by atoms with Gasteiger partial charge < -0.3 is 9.47 Å². The monoisotopic (exact) mass is 204 g/mol. The second-order valence-electron chi connectivity index (χ2n) is 4.08. The van der Waals surface area contributed by atoms with Crippen LogP contribution in [0.1, 0.15) is 18.4 Å². The molecule has 1 aromatic rings. The highest BCUT2D eigenvalue weighted by molar-refractivity contribution is 5.34. The lowest BCUT2D eigenvalue weighted by Crippen LogP contribution is -2.48. The van der Waals surface area contributed by atoms with E-state index in [1.54, 1.807) is 0 Å². The SMILES string of the molecule is c1ccc2c(c1)COC1(CC[N]CC1)O2. The van der Waals surface area contributed by atoms with E-state index in [9.17, 15) is 0 Å². The van der Waals surface area contributed by atoms with Crippen LogP contribution in [0.4, 0.5) is 0 Å². The Balaban J connectivity index is 1.87. The lowest BCUT2D eigenvalue weighted by molar-refractivity contribution is -0.218. The number of rotatable bonds is 0. The summed E-state index contributed by atoms with van der Waals surface area (Å²) in [7, 11) is 0. The van der Waals surface area contributed by atoms with Gasteiger partial charge in [0.2, 0.25) is 5.79 Å². The number of nitrogens with zero attached hydrogens (tertiary/aromatic N) is 1. The summed E-state index contributed by atoms with van der Waals surface area (Å²) in [6.07, 6.45) is 1.75. The average Bonchev–Trinajstić information content (AvgIpc) is 2.30. The zero-order valence-corrected chi connectivity index (χ0v) is 8.61. The van der Waals surface area contributed by atoms with E-state index in [-0.39, 0.29) is 0 Å². The highest BCUT2D eigenvalue weighted by atomic mass is 16.7. The Morgan fingerprint density at radius 3 is 2.80 bits per heavy atom. The molecule has 0 amide bonds. The topological polar surface area (TPSA) is 32.6 Å². The van der Waals surface area contributed by atoms with Crippen molar-refractivity contribution in [3.8, 4) is 5.75 Å². The van der Waals surface area contributed by atoms with E-state index in [2.05, 4.69) is 11.4 Å². The minimum absolute atomic E-state index is 0.393. The number of fused-ring (bicyclic) bond motifs is 1. The van der Waals surface area contributed by atoms with Gasteiger partial charge in [0.05, 0.1) is 6.61 Å². The van der Waals surface area contributed by atoms with Crippen LogP contribution in [0.3, 0.4) is 0 Å². The van der Waals surface area contributed by atoms with Gasteiger partial charge in [0.1, 0.15) is 5.75 Å². The molecule has 1 fully saturated rings. The molecule has 0 aliphatic carbocycles. The molecule has 2 aliphatic rings. The van der Waals surface area contributed by atoms with Gasteiger partial charge in [-0.1, -0.05) is 18.2 Å². The predicted molar refractivity (Wildman–Crippen MR) is 55.7 cm³/mol. The van der Waals surface area contributed by atoms with Gasteiger partial charge in [-0.3, -0.25) is 0 Å². The van der Waals surface area contributed by atoms with Gasteiger partial charge in [-0.05, 0) is 6.07 Å². The van der Waals surface area contributed by atoms with Gasteiger partial charge in [0.25, 0.3) is 0 Å². The van der Waals surface area contributed by atoms with Crippen LogP contribution >= 0.6 is 0 Å². The first-order chi connectivity index (χ1) is 7.38. The molecular formula is C12H14NO2. The van der Waals surface area contributed by atoms with Crippen molar-refractivity contribution >= 4 is 0 Å². The molecule has 0 bridgehead atoms. The Kier molecular flexibility index (Phi) is 2.15. The summed E-state index contributed by atoms with van der Waals surface area (Å²) in [6.45, 7) is 2.36. The van der Waals surface area contributed by atoms with E-state index in [1.807, 2.05) is 18.2 Å². The highest BCUT2D eigenvalue weighted by Gasteiger charge is 2.38. The molecule has 0 saturated carbocycles. The van der Waals surface area contributed by atoms with Crippen molar-refractivity contribution in [2.45, 2.75) is 25.2 Å². The number of ether oxygens (including phenoxy) is 2. The fourth-order valence-electron chi connectivity index (χ4n) is 2.14. The molecule has 1 aromatic carbocycles. The summed E-state index contributed by atoms with van der Waals surface area (Å²) < 4.78 is 11.8. The minimum atomic E-state index is -0.393. The molecule has 2 aliphatic heterocycles. The number of piperidine rings is 1. The first kappa shape index (κ1) is 9.19. The van der Waals surface area contributed by atoms with E-state index in [4.69, 9.17) is 9.47 Å². The maximum Gasteiger partial charge on any atom is 0.213 e. The Morgan fingerprint density at radius 2 is 1.93 bits per heavy atom. The van der Waals surface area contributed by atoms with E-state index in [0.29, 0.717) is 6.61 Å². The normalized spacial score (nSPS) is 23.2. The number of hydrogen-bond acceptors (Lipinski definition) is 2. The smallest absolute Gasteiger partial charge is 0.213 e. The molecule has 3 rings (SSSR count). The van der Waals surface area contributed by atoms with Crippen LogP contribution in [0, 0.1) is 0 Å². The van der Waals surface area contributed by atoms with Crippen molar-refractivity contribution in [1.82, 2.24) is 5.32 Å². The maximum absolute atomic E-state index is 5.98. The van der Waals surface area contributed by atoms with Gasteiger partial charge in [-0.2, -0.15) is 0 Å². The van der Waals surface area contributed by atoms with Crippen LogP contribution in [0.25, 0.3) is 0 Å². The molecule has 0 aromatic heterocycles. The zero-order chi connectivity index (χ0) is 10.1. The summed E-state index contributed by atoms with van der Waals surface area (Å²) in [6, 6.07) is 8.09. The standard InChI is InChI=1S/C12H14NO2/c1-2-4-11-10(3-1)9-14-12(15-11)5-7-13-8-6-12/h1-4H,5-9H2. The molecule has 1 spiro atoms. The molecule has 1 radical (unpaired) electrons. The quantitative estimate of drug-likeness (QED) is 0.644. The number of benzene rings is 1. The minimum Gasteiger partial charge on any atom is -0.462 e. The summed E-state index contributed by atoms with van der Waals surface area (Å²) >= 11 is 0. The van der Waals surface area contributed by atoms with Gasteiger partial charge in [0.15, 0.2) is 0 Å². The lowest BCUT2D eigenvalue weighted by atomic mass is 10.0. The Morgan fingerprint density at radius 1 is 1.13 bits per heavy atom. The summed E-state index contributed by atoms with van der Waals surface area (Å²) in [5, 5.41) is 4.32. The first-order valence-corrected chi connectivity index (χ1v) is 5.42. The van der Waals surface area contributed by atoms with Gasteiger partial charge in [-0.25, -0.2) is 5.32 Å². The second kappa shape index (κ2) is 3.51. The fourth-order valence-corrected chi connectivity index (χ4v) is 2.14. The molecule has 3 nitrogen and oxygen atoms in total. The first-order valence-electron chi connectivity index (χ1n) is 5.42. The van der Waals surface area contributed by atoms with Crippen LogP contribution in [0.15, 0.2) is 24.3 Å². The number of para-hydroxylation sites is 1. The second-order valence-corrected chi connectivity index (χ2v) is 4.08. The zero-order valence-electron chi connectivity index (χ0n) is 8.61. The van der Waals surface area contributed by atoms with Crippen molar-refractivity contribution in [2.24, 2.45) is 0 Å². The molecule has 2 heterocycles. The molecule has 0 unspecified atom stereocenters. The third-order valence-corrected chi connectivity index (χ3v) is 3.06. The van der Waals surface area contributed by atoms with Crippen molar-refractivity contribution in [2.75, 3.05) is 13.1 Å². The van der Waals surface area contributed by atoms with Gasteiger partial charge in [-0.15, -0.1) is 0 Å². The maximum atomic E-state index is 5.98. The van der Waals surface area contributed by atoms with Crippen LogP contribution < -0.4 is 10.1 Å². The highest BCUT2D eigenvalue weighted by Crippen LogP contribution is 2.35. The Labute approximate surface area is 89.4 Å². The van der Waals surface area contributed by atoms with E-state index >= 15 is 0 Å². The molecule has 15 heavy (non-hydrogen) atoms. The molecular weight excluding hydrogens is 190 g/mol. The third-order valence-electron chi connectivity index (χ3n) is 3.06. The van der Waals surface area contributed by atoms with Gasteiger partial charge in [0, 0.05) is 31.5 Å². The van der Waals surface area contributed by atoms with Crippen LogP contribution in [-0.4, -0.2) is 18.9 Å². The fraction of sp³-hybridized carbons (Fsp3) is 0.500. The summed E-state index contributed by atoms with van der Waals surface area (Å²) in [4.78, 5) is 0. The van der Waals surface area contributed by atoms with Crippen LogP contribution in [0.2, 0.25) is 0 Å². The lowest BCUT2D eigenvalue weighted by Gasteiger charge is -2.40. The van der Waals surface area contributed by atoms with E-state index in [1.165, 1.54) is 0 Å². The molecule has 1 saturated heterocycles. The van der Waals surface area contributed by atoms with Crippen molar-refractivity contribution in [3.05, 3.63) is 29.8 Å². The molecule has 79 valence electrons. The van der Waals surface area contributed by atoms with Crippen molar-refractivity contribution in [1.29, 1.82) is 0 Å². The van der Waals surface area contributed by atoms with Crippen LogP contribution in [0.5, 0.6) is 5.75 Å². The van der Waals surface area contributed by atoms with Gasteiger partial charge >= 0.3 is 0 Å². The molecule has 0 N–H and O–H groups in total. The average molecular weight is 204 g/mol. The molecule has 0 atom stereocenters. The summed E-state index contributed by atoms with van der Waals surface area (Å²) in [5.41, 5.74) is 1.14. The van der Waals surface area contributed by atoms with E-state index in [0.717, 1.165) is 37.2 Å². The Hall–Kier alpha value is -1.06.